The average molecular weight is 449 g/mol. The second-order valence-electron chi connectivity index (χ2n) is 7.25. The van der Waals surface area contributed by atoms with Gasteiger partial charge in [-0.3, -0.25) is 14.4 Å². The summed E-state index contributed by atoms with van der Waals surface area (Å²) in [6, 6.07) is 17.2. The van der Waals surface area contributed by atoms with Crippen LogP contribution in [0.1, 0.15) is 32.7 Å². The Morgan fingerprint density at radius 2 is 1.78 bits per heavy atom. The molecule has 1 heterocycles. The second-order valence-corrected chi connectivity index (χ2v) is 7.65. The number of anilines is 1. The Balaban J connectivity index is 1.63. The highest BCUT2D eigenvalue weighted by molar-refractivity contribution is 6.31. The van der Waals surface area contributed by atoms with Gasteiger partial charge in [0.2, 0.25) is 5.91 Å². The minimum absolute atomic E-state index is 0.0237. The number of nitrogens with one attached hydrogen (secondary N) is 2. The SMILES string of the molecule is Cc1cc(C)n(CC(=O)Nc2ccc(C(=O)NCc3ccccc3Cl)cc2)c(=O)c1C#N. The van der Waals surface area contributed by atoms with Crippen LogP contribution in [0.25, 0.3) is 0 Å². The van der Waals surface area contributed by atoms with Crippen molar-refractivity contribution in [2.24, 2.45) is 0 Å². The van der Waals surface area contributed by atoms with Gasteiger partial charge >= 0.3 is 0 Å². The third-order valence-electron chi connectivity index (χ3n) is 4.95. The summed E-state index contributed by atoms with van der Waals surface area (Å²) in [6.07, 6.45) is 0. The molecule has 0 fully saturated rings. The molecule has 0 radical (unpaired) electrons. The van der Waals surface area contributed by atoms with Crippen molar-refractivity contribution < 1.29 is 9.59 Å². The van der Waals surface area contributed by atoms with Crippen LogP contribution in [0.2, 0.25) is 5.02 Å². The summed E-state index contributed by atoms with van der Waals surface area (Å²) in [6.45, 7) is 3.47. The summed E-state index contributed by atoms with van der Waals surface area (Å²) >= 11 is 6.10. The van der Waals surface area contributed by atoms with Crippen LogP contribution in [0.15, 0.2) is 59.4 Å². The predicted octanol–water partition coefficient (Wildman–Crippen LogP) is 3.56. The van der Waals surface area contributed by atoms with Crippen LogP contribution in [-0.4, -0.2) is 16.4 Å². The fraction of sp³-hybridized carbons (Fsp3) is 0.167. The lowest BCUT2D eigenvalue weighted by molar-refractivity contribution is -0.116. The van der Waals surface area contributed by atoms with E-state index < -0.39 is 11.5 Å². The molecule has 7 nitrogen and oxygen atoms in total. The highest BCUT2D eigenvalue weighted by Crippen LogP contribution is 2.15. The Labute approximate surface area is 190 Å². The minimum atomic E-state index is -0.495. The van der Waals surface area contributed by atoms with Gasteiger partial charge in [0.05, 0.1) is 0 Å². The average Bonchev–Trinajstić information content (AvgIpc) is 2.76. The van der Waals surface area contributed by atoms with Crippen molar-refractivity contribution in [3.63, 3.8) is 0 Å². The van der Waals surface area contributed by atoms with Gasteiger partial charge in [-0.1, -0.05) is 29.8 Å². The second kappa shape index (κ2) is 9.94. The molecule has 0 spiro atoms. The Morgan fingerprint density at radius 1 is 1.09 bits per heavy atom. The molecule has 2 amide bonds. The minimum Gasteiger partial charge on any atom is -0.348 e. The van der Waals surface area contributed by atoms with E-state index in [9.17, 15) is 14.4 Å². The lowest BCUT2D eigenvalue weighted by atomic mass is 10.1. The molecular formula is C24H21ClN4O3. The smallest absolute Gasteiger partial charge is 0.269 e. The molecule has 3 aromatic rings. The third-order valence-corrected chi connectivity index (χ3v) is 5.31. The van der Waals surface area contributed by atoms with Gasteiger partial charge in [0.25, 0.3) is 11.5 Å². The van der Waals surface area contributed by atoms with Gasteiger partial charge in [0.1, 0.15) is 18.2 Å². The summed E-state index contributed by atoms with van der Waals surface area (Å²) < 4.78 is 1.26. The first-order chi connectivity index (χ1) is 15.3. The number of aryl methyl sites for hydroxylation is 2. The number of hydrogen-bond donors (Lipinski definition) is 2. The quantitative estimate of drug-likeness (QED) is 0.601. The van der Waals surface area contributed by atoms with Crippen LogP contribution in [0.4, 0.5) is 5.69 Å². The van der Waals surface area contributed by atoms with E-state index in [1.165, 1.54) is 4.57 Å². The van der Waals surface area contributed by atoms with E-state index in [0.29, 0.717) is 34.1 Å². The van der Waals surface area contributed by atoms with Crippen molar-refractivity contribution in [2.45, 2.75) is 26.9 Å². The normalized spacial score (nSPS) is 10.3. The molecule has 0 atom stereocenters. The van der Waals surface area contributed by atoms with Gasteiger partial charge in [-0.05, 0) is 61.4 Å². The number of halogens is 1. The van der Waals surface area contributed by atoms with E-state index in [1.54, 1.807) is 50.2 Å². The van der Waals surface area contributed by atoms with Gasteiger partial charge < -0.3 is 15.2 Å². The first-order valence-electron chi connectivity index (χ1n) is 9.83. The van der Waals surface area contributed by atoms with Gasteiger partial charge in [-0.15, -0.1) is 0 Å². The maximum atomic E-state index is 12.4. The number of pyridine rings is 1. The zero-order valence-electron chi connectivity index (χ0n) is 17.6. The molecule has 1 aromatic heterocycles. The first kappa shape index (κ1) is 22.8. The molecule has 0 saturated heterocycles. The van der Waals surface area contributed by atoms with E-state index in [4.69, 9.17) is 16.9 Å². The van der Waals surface area contributed by atoms with Crippen molar-refractivity contribution >= 4 is 29.1 Å². The lowest BCUT2D eigenvalue weighted by Gasteiger charge is -2.12. The van der Waals surface area contributed by atoms with E-state index in [1.807, 2.05) is 24.3 Å². The summed E-state index contributed by atoms with van der Waals surface area (Å²) in [5, 5.41) is 15.2. The molecule has 0 bridgehead atoms. The van der Waals surface area contributed by atoms with Gasteiger partial charge in [-0.2, -0.15) is 5.26 Å². The van der Waals surface area contributed by atoms with Crippen molar-refractivity contribution in [1.29, 1.82) is 5.26 Å². The van der Waals surface area contributed by atoms with E-state index in [2.05, 4.69) is 10.6 Å². The molecular weight excluding hydrogens is 428 g/mol. The Hall–Kier alpha value is -3.89. The number of hydrogen-bond acceptors (Lipinski definition) is 4. The Morgan fingerprint density at radius 3 is 2.44 bits per heavy atom. The lowest BCUT2D eigenvalue weighted by Crippen LogP contribution is -2.31. The maximum absolute atomic E-state index is 12.4. The van der Waals surface area contributed by atoms with Crippen molar-refractivity contribution in [2.75, 3.05) is 5.32 Å². The number of aromatic nitrogens is 1. The fourth-order valence-electron chi connectivity index (χ4n) is 3.23. The Kier molecular flexibility index (Phi) is 7.08. The number of carbonyl (C=O) groups is 2. The molecule has 0 aliphatic carbocycles. The maximum Gasteiger partial charge on any atom is 0.269 e. The molecule has 0 aliphatic rings. The van der Waals surface area contributed by atoms with Crippen LogP contribution in [0.3, 0.4) is 0 Å². The van der Waals surface area contributed by atoms with Crippen molar-refractivity contribution in [1.82, 2.24) is 9.88 Å². The Bertz CT molecular complexity index is 1270. The van der Waals surface area contributed by atoms with Gasteiger partial charge in [0, 0.05) is 28.5 Å². The van der Waals surface area contributed by atoms with Crippen LogP contribution in [0, 0.1) is 25.2 Å². The molecule has 0 unspecified atom stereocenters. The topological polar surface area (TPSA) is 104 Å². The molecule has 3 rings (SSSR count). The van der Waals surface area contributed by atoms with Gasteiger partial charge in [-0.25, -0.2) is 0 Å². The molecule has 0 saturated carbocycles. The standard InChI is InChI=1S/C24H21ClN4O3/c1-15-11-16(2)29(24(32)20(15)12-26)14-22(30)28-19-9-7-17(8-10-19)23(31)27-13-18-5-3-4-6-21(18)25/h3-11H,13-14H2,1-2H3,(H,27,31)(H,28,30). The molecule has 8 heteroatoms. The van der Waals surface area contributed by atoms with E-state index in [0.717, 1.165) is 5.56 Å². The molecule has 2 aromatic carbocycles. The number of rotatable bonds is 6. The highest BCUT2D eigenvalue weighted by Gasteiger charge is 2.13. The van der Waals surface area contributed by atoms with E-state index >= 15 is 0 Å². The largest absolute Gasteiger partial charge is 0.348 e. The third kappa shape index (κ3) is 5.23. The zero-order chi connectivity index (χ0) is 23.3. The summed E-state index contributed by atoms with van der Waals surface area (Å²) in [7, 11) is 0. The highest BCUT2D eigenvalue weighted by atomic mass is 35.5. The summed E-state index contributed by atoms with van der Waals surface area (Å²) in [5.41, 5.74) is 2.42. The summed E-state index contributed by atoms with van der Waals surface area (Å²) in [5.74, 6) is -0.687. The van der Waals surface area contributed by atoms with Crippen LogP contribution in [0.5, 0.6) is 0 Å². The van der Waals surface area contributed by atoms with Crippen LogP contribution in [-0.2, 0) is 17.9 Å². The molecule has 162 valence electrons. The van der Waals surface area contributed by atoms with Crippen molar-refractivity contribution in [3.8, 4) is 6.07 Å². The van der Waals surface area contributed by atoms with Crippen LogP contribution < -0.4 is 16.2 Å². The number of nitrogens with zero attached hydrogens (tertiary/aromatic N) is 2. The number of amides is 2. The summed E-state index contributed by atoms with van der Waals surface area (Å²) in [4.78, 5) is 37.2. The van der Waals surface area contributed by atoms with Gasteiger partial charge in [0.15, 0.2) is 0 Å². The number of carbonyl (C=O) groups excluding carboxylic acids is 2. The number of benzene rings is 2. The monoisotopic (exact) mass is 448 g/mol. The van der Waals surface area contributed by atoms with E-state index in [-0.39, 0.29) is 18.0 Å². The molecule has 0 aliphatic heterocycles. The zero-order valence-corrected chi connectivity index (χ0v) is 18.4. The fourth-order valence-corrected chi connectivity index (χ4v) is 3.43. The van der Waals surface area contributed by atoms with Crippen LogP contribution >= 0.6 is 11.6 Å². The number of nitriles is 1. The molecule has 2 N–H and O–H groups in total. The predicted molar refractivity (Wildman–Crippen MR) is 123 cm³/mol. The first-order valence-corrected chi connectivity index (χ1v) is 10.2. The molecule has 32 heavy (non-hydrogen) atoms. The van der Waals surface area contributed by atoms with Crippen molar-refractivity contribution in [3.05, 3.63) is 97.9 Å².